The molecule has 0 aliphatic rings. The number of nitrogens with one attached hydrogen (secondary N) is 9. The van der Waals surface area contributed by atoms with Crippen molar-refractivity contribution in [2.45, 2.75) is 93.5 Å². The number of carbonyl (C=O) groups excluding carboxylic acids is 4. The highest BCUT2D eigenvalue weighted by Crippen LogP contribution is 2.25. The van der Waals surface area contributed by atoms with Crippen LogP contribution >= 0.6 is 31.9 Å². The first-order valence-corrected chi connectivity index (χ1v) is 30.0. The second-order valence-corrected chi connectivity index (χ2v) is 23.8. The van der Waals surface area contributed by atoms with E-state index < -0.39 is 32.1 Å². The molecule has 2 aromatic heterocycles. The molecule has 0 bridgehead atoms. The van der Waals surface area contributed by atoms with Gasteiger partial charge in [-0.1, -0.05) is 67.3 Å². The fourth-order valence-electron chi connectivity index (χ4n) is 8.23. The van der Waals surface area contributed by atoms with Crippen LogP contribution in [0.5, 0.6) is 0 Å². The van der Waals surface area contributed by atoms with E-state index in [1.807, 2.05) is 50.2 Å². The maximum Gasteiger partial charge on any atom is 0.264 e. The Hall–Kier alpha value is -6.80. The molecule has 4 aromatic carbocycles. The monoisotopic (exact) mass is 1240 g/mol. The van der Waals surface area contributed by atoms with Crippen molar-refractivity contribution >= 4 is 109 Å². The number of aromatic nitrogens is 2. The van der Waals surface area contributed by atoms with Crippen LogP contribution in [0.4, 0.5) is 0 Å². The summed E-state index contributed by atoms with van der Waals surface area (Å²) in [4.78, 5) is 68.5. The highest BCUT2D eigenvalue weighted by molar-refractivity contribution is 9.10. The molecule has 13 N–H and O–H groups in total. The zero-order valence-electron chi connectivity index (χ0n) is 43.4. The summed E-state index contributed by atoms with van der Waals surface area (Å²) < 4.78 is 57.4. The Labute approximate surface area is 471 Å². The van der Waals surface area contributed by atoms with Crippen molar-refractivity contribution in [3.8, 4) is 0 Å². The fourth-order valence-corrected chi connectivity index (χ4v) is 10.9. The zero-order chi connectivity index (χ0) is 56.2. The third kappa shape index (κ3) is 19.0. The van der Waals surface area contributed by atoms with Crippen molar-refractivity contribution < 1.29 is 36.0 Å². The van der Waals surface area contributed by atoms with Gasteiger partial charge in [0.1, 0.15) is 12.1 Å². The van der Waals surface area contributed by atoms with E-state index in [4.69, 9.17) is 11.5 Å². The number of aromatic amines is 2. The number of halogens is 2. The second-order valence-electron chi connectivity index (χ2n) is 18.6. The maximum absolute atomic E-state index is 13.5. The van der Waals surface area contributed by atoms with Crippen molar-refractivity contribution in [3.05, 3.63) is 129 Å². The minimum atomic E-state index is -3.95. The molecule has 2 heterocycles. The number of hydrogen-bond donors (Lipinski definition) is 11. The van der Waals surface area contributed by atoms with Gasteiger partial charge in [0.05, 0.1) is 22.6 Å². The molecule has 0 fully saturated rings. The molecule has 0 aliphatic carbocycles. The summed E-state index contributed by atoms with van der Waals surface area (Å²) >= 11 is 6.96. The number of aryl methyl sites for hydroxylation is 2. The van der Waals surface area contributed by atoms with Crippen LogP contribution in [0, 0.1) is 13.8 Å². The molecule has 0 aliphatic heterocycles. The van der Waals surface area contributed by atoms with Gasteiger partial charge in [0.15, 0.2) is 0 Å². The number of benzene rings is 4. The molecule has 2 atom stereocenters. The Morgan fingerprint density at radius 3 is 1.38 bits per heavy atom. The van der Waals surface area contributed by atoms with Crippen LogP contribution in [-0.4, -0.2) is 114 Å². The van der Waals surface area contributed by atoms with Gasteiger partial charge in [0.2, 0.25) is 35.5 Å². The normalized spacial score (nSPS) is 13.0. The van der Waals surface area contributed by atoms with E-state index in [-0.39, 0.29) is 84.1 Å². The minimum Gasteiger partial charge on any atom is -0.369 e. The quantitative estimate of drug-likeness (QED) is 0.0174. The number of guanidine groups is 2. The molecule has 0 saturated carbocycles. The van der Waals surface area contributed by atoms with Gasteiger partial charge in [-0.05, 0) is 144 Å². The van der Waals surface area contributed by atoms with E-state index in [1.165, 1.54) is 24.3 Å². The molecule has 0 spiro atoms. The molecule has 6 aromatic rings. The number of nitrogens with two attached hydrogens (primary N) is 2. The van der Waals surface area contributed by atoms with Gasteiger partial charge in [0.25, 0.3) is 20.0 Å². The first-order chi connectivity index (χ1) is 37.3. The summed E-state index contributed by atoms with van der Waals surface area (Å²) in [5.74, 6) is -2.05. The number of H-pyrrole nitrogens is 2. The molecule has 21 nitrogen and oxygen atoms in total. The fraction of sp³-hybridized carbons (Fsp3) is 0.358. The van der Waals surface area contributed by atoms with Crippen molar-refractivity contribution in [2.24, 2.45) is 21.5 Å². The molecule has 4 amide bonds. The molecule has 0 radical (unpaired) electrons. The topological polar surface area (TPSA) is 329 Å². The van der Waals surface area contributed by atoms with Crippen LogP contribution < -0.4 is 47.5 Å². The third-order valence-corrected chi connectivity index (χ3v) is 16.1. The van der Waals surface area contributed by atoms with Crippen LogP contribution in [-0.2, 0) is 52.1 Å². The van der Waals surface area contributed by atoms with Crippen LogP contribution in [0.15, 0.2) is 126 Å². The third-order valence-electron chi connectivity index (χ3n) is 12.4. The first kappa shape index (κ1) is 60.4. The lowest BCUT2D eigenvalue weighted by Gasteiger charge is -2.19. The number of hydrogen-bond acceptors (Lipinski definition) is 11. The predicted molar refractivity (Wildman–Crippen MR) is 310 cm³/mol. The van der Waals surface area contributed by atoms with Gasteiger partial charge in [-0.3, -0.25) is 29.2 Å². The van der Waals surface area contributed by atoms with Gasteiger partial charge in [0, 0.05) is 69.3 Å². The maximum atomic E-state index is 13.5. The van der Waals surface area contributed by atoms with Crippen LogP contribution in [0.3, 0.4) is 0 Å². The molecule has 25 heteroatoms. The molecular weight excluding hydrogens is 1170 g/mol. The average molecular weight is 1240 g/mol. The van der Waals surface area contributed by atoms with Gasteiger partial charge in [-0.25, -0.2) is 26.3 Å². The number of carbonyl (C=O) groups is 4. The number of rotatable bonds is 29. The number of fused-ring (bicyclic) bond motifs is 2. The van der Waals surface area contributed by atoms with Crippen molar-refractivity contribution in [1.82, 2.24) is 46.0 Å². The van der Waals surface area contributed by atoms with Crippen LogP contribution in [0.1, 0.15) is 67.2 Å². The van der Waals surface area contributed by atoms with E-state index in [0.29, 0.717) is 58.3 Å². The lowest BCUT2D eigenvalue weighted by molar-refractivity contribution is -0.128. The molecule has 78 heavy (non-hydrogen) atoms. The SMILES string of the molecule is Cc1ccc(S(=O)(=O)NC(N)=NCCC[C@@H](NC(=O)Cc2c[nH]c3ccc(Br)cc23)C(=O)NCCCCNCCCNC(=O)[C@@H](CCCN=C(N)NS(=O)(=O)c2ccc(C)cc2)NC(=O)Cc2c[nH]c3ccc(Br)cc23)cc1. The Morgan fingerprint density at radius 1 is 0.551 bits per heavy atom. The summed E-state index contributed by atoms with van der Waals surface area (Å²) in [6.07, 6.45) is 6.54. The largest absolute Gasteiger partial charge is 0.369 e. The van der Waals surface area contributed by atoms with Gasteiger partial charge < -0.3 is 48.0 Å². The standard InChI is InChI=1S/C53H67Br2N13O8S2/c1-34-10-16-40(17-11-34)77(73,74)67-52(56)61-25-5-8-46(65-48(69)28-36-32-63-44-20-14-38(54)30-42(36)44)50(71)59-24-4-3-22-58-23-7-27-60-51(72)47(66-49(70)29-37-33-64-45-21-15-39(55)31-43(37)45)9-6-26-62-53(57)68-78(75,76)41-18-12-35(2)13-19-41/h10-21,30-33,46-47,58,63-64H,3-9,22-29H2,1-2H3,(H,59,71)(H,60,72)(H,65,69)(H,66,70)(H3,56,61,67)(H3,57,62,68)/t46-,47-/m1/s1. The number of aliphatic imine (C=N–C) groups is 2. The van der Waals surface area contributed by atoms with E-state index in [1.54, 1.807) is 36.7 Å². The molecular formula is C53H67Br2N13O8S2. The predicted octanol–water partition coefficient (Wildman–Crippen LogP) is 4.68. The molecule has 0 saturated heterocycles. The summed E-state index contributed by atoms with van der Waals surface area (Å²) in [6.45, 7) is 5.74. The zero-order valence-corrected chi connectivity index (χ0v) is 48.2. The lowest BCUT2D eigenvalue weighted by atomic mass is 10.1. The van der Waals surface area contributed by atoms with Gasteiger partial charge in [-0.2, -0.15) is 0 Å². The number of unbranched alkanes of at least 4 members (excludes halogenated alkanes) is 1. The average Bonchev–Trinajstić information content (AvgIpc) is 4.03. The summed E-state index contributed by atoms with van der Waals surface area (Å²) in [6, 6.07) is 22.2. The number of amides is 4. The highest BCUT2D eigenvalue weighted by Gasteiger charge is 2.24. The van der Waals surface area contributed by atoms with Gasteiger partial charge >= 0.3 is 0 Å². The van der Waals surface area contributed by atoms with Crippen molar-refractivity contribution in [3.63, 3.8) is 0 Å². The highest BCUT2D eigenvalue weighted by atomic mass is 79.9. The van der Waals surface area contributed by atoms with Crippen molar-refractivity contribution in [1.29, 1.82) is 0 Å². The Bertz CT molecular complexity index is 3090. The van der Waals surface area contributed by atoms with Crippen LogP contribution in [0.2, 0.25) is 0 Å². The summed E-state index contributed by atoms with van der Waals surface area (Å²) in [5.41, 5.74) is 16.9. The van der Waals surface area contributed by atoms with Gasteiger partial charge in [-0.15, -0.1) is 0 Å². The van der Waals surface area contributed by atoms with E-state index >= 15 is 0 Å². The first-order valence-electron chi connectivity index (χ1n) is 25.4. The molecule has 418 valence electrons. The van der Waals surface area contributed by atoms with E-state index in [9.17, 15) is 36.0 Å². The van der Waals surface area contributed by atoms with E-state index in [0.717, 1.165) is 53.0 Å². The number of nitrogens with zero attached hydrogens (tertiary/aromatic N) is 2. The Kier molecular flexibility index (Phi) is 22.7. The minimum absolute atomic E-state index is 0.0266. The smallest absolute Gasteiger partial charge is 0.264 e. The van der Waals surface area contributed by atoms with E-state index in [2.05, 4.69) is 87.8 Å². The molecule has 0 unspecified atom stereocenters. The Balaban J connectivity index is 0.937. The van der Waals surface area contributed by atoms with Crippen molar-refractivity contribution in [2.75, 3.05) is 39.3 Å². The lowest BCUT2D eigenvalue weighted by Crippen LogP contribution is -2.47. The Morgan fingerprint density at radius 2 is 0.949 bits per heavy atom. The summed E-state index contributed by atoms with van der Waals surface area (Å²) in [7, 11) is -7.89. The molecule has 6 rings (SSSR count). The van der Waals surface area contributed by atoms with Crippen LogP contribution in [0.25, 0.3) is 21.8 Å². The number of sulfonamides is 2. The summed E-state index contributed by atoms with van der Waals surface area (Å²) in [5, 5.41) is 16.7. The second kappa shape index (κ2) is 29.3.